The maximum atomic E-state index is 3.39. The van der Waals surface area contributed by atoms with Crippen LogP contribution in [0.3, 0.4) is 0 Å². The molecule has 11 heavy (non-hydrogen) atoms. The summed E-state index contributed by atoms with van der Waals surface area (Å²) in [5, 5.41) is 3.39. The predicted molar refractivity (Wildman–Crippen MR) is 49.6 cm³/mol. The van der Waals surface area contributed by atoms with Crippen LogP contribution >= 0.6 is 0 Å². The monoisotopic (exact) mass is 151 g/mol. The van der Waals surface area contributed by atoms with Crippen molar-refractivity contribution in [1.82, 2.24) is 5.32 Å². The van der Waals surface area contributed by atoms with Crippen molar-refractivity contribution < 1.29 is 0 Å². The molecule has 1 heterocycles. The summed E-state index contributed by atoms with van der Waals surface area (Å²) in [6.07, 6.45) is 6.88. The topological polar surface area (TPSA) is 12.0 Å². The third kappa shape index (κ3) is 2.51. The minimum atomic E-state index is 1.07. The Bertz CT molecular complexity index is 177. The number of allylic oxidation sites excluding steroid dienone is 3. The summed E-state index contributed by atoms with van der Waals surface area (Å²) >= 11 is 0. The van der Waals surface area contributed by atoms with Crippen molar-refractivity contribution in [3.05, 3.63) is 23.3 Å². The molecule has 0 saturated carbocycles. The lowest BCUT2D eigenvalue weighted by Crippen LogP contribution is -2.15. The maximum Gasteiger partial charge on any atom is 0.0167 e. The van der Waals surface area contributed by atoms with Gasteiger partial charge in [-0.15, -0.1) is 0 Å². The molecule has 0 atom stereocenters. The molecule has 0 aliphatic carbocycles. The molecule has 1 aliphatic heterocycles. The van der Waals surface area contributed by atoms with Gasteiger partial charge in [0.15, 0.2) is 0 Å². The molecule has 1 heteroatoms. The molecule has 0 aromatic carbocycles. The SMILES string of the molecule is CC=CC1=C(C)CNCCC1. The van der Waals surface area contributed by atoms with Crippen molar-refractivity contribution >= 4 is 0 Å². The lowest BCUT2D eigenvalue weighted by atomic mass is 10.1. The Balaban J connectivity index is 2.67. The van der Waals surface area contributed by atoms with Crippen molar-refractivity contribution in [2.45, 2.75) is 26.7 Å². The normalized spacial score (nSPS) is 20.9. The molecule has 0 saturated heterocycles. The van der Waals surface area contributed by atoms with Crippen molar-refractivity contribution in [2.75, 3.05) is 13.1 Å². The van der Waals surface area contributed by atoms with Crippen LogP contribution in [0.25, 0.3) is 0 Å². The summed E-state index contributed by atoms with van der Waals surface area (Å²) in [6, 6.07) is 0. The Morgan fingerprint density at radius 2 is 2.27 bits per heavy atom. The summed E-state index contributed by atoms with van der Waals surface area (Å²) in [4.78, 5) is 0. The molecular formula is C10H17N. The summed E-state index contributed by atoms with van der Waals surface area (Å²) in [7, 11) is 0. The Morgan fingerprint density at radius 1 is 1.45 bits per heavy atom. The van der Waals surface area contributed by atoms with Gasteiger partial charge < -0.3 is 5.32 Å². The van der Waals surface area contributed by atoms with Gasteiger partial charge in [-0.2, -0.15) is 0 Å². The standard InChI is InChI=1S/C10H17N/c1-3-5-10-6-4-7-11-8-9(10)2/h3,5,11H,4,6-8H2,1-2H3. The zero-order valence-electron chi connectivity index (χ0n) is 7.48. The van der Waals surface area contributed by atoms with E-state index in [0.717, 1.165) is 6.54 Å². The molecule has 0 unspecified atom stereocenters. The molecule has 1 aliphatic rings. The van der Waals surface area contributed by atoms with Crippen LogP contribution in [0.1, 0.15) is 26.7 Å². The fraction of sp³-hybridized carbons (Fsp3) is 0.600. The smallest absolute Gasteiger partial charge is 0.0167 e. The largest absolute Gasteiger partial charge is 0.313 e. The number of rotatable bonds is 1. The van der Waals surface area contributed by atoms with Gasteiger partial charge in [0.05, 0.1) is 0 Å². The molecule has 0 radical (unpaired) electrons. The highest BCUT2D eigenvalue weighted by Crippen LogP contribution is 2.14. The van der Waals surface area contributed by atoms with E-state index in [1.807, 2.05) is 0 Å². The second-order valence-electron chi connectivity index (χ2n) is 3.09. The number of hydrogen-bond acceptors (Lipinski definition) is 1. The Morgan fingerprint density at radius 3 is 3.00 bits per heavy atom. The summed E-state index contributed by atoms with van der Waals surface area (Å²) < 4.78 is 0. The van der Waals surface area contributed by atoms with Crippen molar-refractivity contribution in [3.63, 3.8) is 0 Å². The van der Waals surface area contributed by atoms with Gasteiger partial charge in [-0.25, -0.2) is 0 Å². The molecule has 0 aromatic rings. The van der Waals surface area contributed by atoms with Crippen LogP contribution in [-0.4, -0.2) is 13.1 Å². The fourth-order valence-corrected chi connectivity index (χ4v) is 1.43. The minimum absolute atomic E-state index is 1.07. The third-order valence-corrected chi connectivity index (χ3v) is 2.11. The van der Waals surface area contributed by atoms with Crippen LogP contribution < -0.4 is 5.32 Å². The lowest BCUT2D eigenvalue weighted by molar-refractivity contribution is 0.711. The van der Waals surface area contributed by atoms with E-state index < -0.39 is 0 Å². The molecule has 0 fully saturated rings. The molecule has 1 nitrogen and oxygen atoms in total. The Hall–Kier alpha value is -0.560. The quantitative estimate of drug-likeness (QED) is 0.606. The maximum absolute atomic E-state index is 3.39. The van der Waals surface area contributed by atoms with E-state index in [0.29, 0.717) is 0 Å². The lowest BCUT2D eigenvalue weighted by Gasteiger charge is -2.01. The van der Waals surface area contributed by atoms with Gasteiger partial charge in [0.1, 0.15) is 0 Å². The van der Waals surface area contributed by atoms with Gasteiger partial charge in [-0.3, -0.25) is 0 Å². The highest BCUT2D eigenvalue weighted by molar-refractivity contribution is 5.26. The zero-order chi connectivity index (χ0) is 8.10. The van der Waals surface area contributed by atoms with Crippen molar-refractivity contribution in [3.8, 4) is 0 Å². The second-order valence-corrected chi connectivity index (χ2v) is 3.09. The molecule has 1 rings (SSSR count). The average molecular weight is 151 g/mol. The highest BCUT2D eigenvalue weighted by Gasteiger charge is 2.03. The first-order valence-electron chi connectivity index (χ1n) is 4.36. The first-order valence-corrected chi connectivity index (χ1v) is 4.36. The average Bonchev–Trinajstić information content (AvgIpc) is 2.18. The molecule has 62 valence electrons. The van der Waals surface area contributed by atoms with Crippen molar-refractivity contribution in [1.29, 1.82) is 0 Å². The number of hydrogen-bond donors (Lipinski definition) is 1. The van der Waals surface area contributed by atoms with E-state index in [2.05, 4.69) is 31.3 Å². The van der Waals surface area contributed by atoms with E-state index in [1.165, 1.54) is 30.5 Å². The first-order chi connectivity index (χ1) is 5.34. The molecule has 0 amide bonds. The van der Waals surface area contributed by atoms with Gasteiger partial charge in [-0.1, -0.05) is 17.7 Å². The van der Waals surface area contributed by atoms with Gasteiger partial charge in [0.2, 0.25) is 0 Å². The van der Waals surface area contributed by atoms with E-state index in [-0.39, 0.29) is 0 Å². The highest BCUT2D eigenvalue weighted by atomic mass is 14.8. The summed E-state index contributed by atoms with van der Waals surface area (Å²) in [5.41, 5.74) is 3.03. The van der Waals surface area contributed by atoms with Gasteiger partial charge in [0.25, 0.3) is 0 Å². The third-order valence-electron chi connectivity index (χ3n) is 2.11. The molecule has 0 spiro atoms. The van der Waals surface area contributed by atoms with E-state index in [9.17, 15) is 0 Å². The van der Waals surface area contributed by atoms with Crippen molar-refractivity contribution in [2.24, 2.45) is 0 Å². The van der Waals surface area contributed by atoms with Gasteiger partial charge >= 0.3 is 0 Å². The minimum Gasteiger partial charge on any atom is -0.313 e. The Kier molecular flexibility index (Phi) is 3.37. The van der Waals surface area contributed by atoms with E-state index >= 15 is 0 Å². The van der Waals surface area contributed by atoms with Crippen LogP contribution in [0.15, 0.2) is 23.3 Å². The molecule has 0 aromatic heterocycles. The van der Waals surface area contributed by atoms with Crippen LogP contribution in [0.4, 0.5) is 0 Å². The van der Waals surface area contributed by atoms with Gasteiger partial charge in [-0.05, 0) is 38.8 Å². The van der Waals surface area contributed by atoms with Crippen LogP contribution in [-0.2, 0) is 0 Å². The number of nitrogens with one attached hydrogen (secondary N) is 1. The van der Waals surface area contributed by atoms with E-state index in [1.54, 1.807) is 0 Å². The summed E-state index contributed by atoms with van der Waals surface area (Å²) in [5.74, 6) is 0. The zero-order valence-corrected chi connectivity index (χ0v) is 7.48. The molecular weight excluding hydrogens is 134 g/mol. The first kappa shape index (κ1) is 8.54. The van der Waals surface area contributed by atoms with Crippen LogP contribution in [0.5, 0.6) is 0 Å². The van der Waals surface area contributed by atoms with Crippen LogP contribution in [0.2, 0.25) is 0 Å². The summed E-state index contributed by atoms with van der Waals surface area (Å²) in [6.45, 7) is 6.53. The van der Waals surface area contributed by atoms with Gasteiger partial charge in [0, 0.05) is 6.54 Å². The second kappa shape index (κ2) is 4.35. The fourth-order valence-electron chi connectivity index (χ4n) is 1.43. The predicted octanol–water partition coefficient (Wildman–Crippen LogP) is 2.26. The molecule has 0 bridgehead atoms. The van der Waals surface area contributed by atoms with E-state index in [4.69, 9.17) is 0 Å². The van der Waals surface area contributed by atoms with Crippen LogP contribution in [0, 0.1) is 0 Å². The Labute approximate surface area is 69.2 Å². The molecule has 1 N–H and O–H groups in total.